The van der Waals surface area contributed by atoms with Crippen molar-refractivity contribution in [3.63, 3.8) is 0 Å². The van der Waals surface area contributed by atoms with Crippen molar-refractivity contribution in [1.82, 2.24) is 0 Å². The Morgan fingerprint density at radius 2 is 0.891 bits per heavy atom. The van der Waals surface area contributed by atoms with Crippen LogP contribution in [0, 0.1) is 87.3 Å². The molecule has 19 heteroatoms. The molecule has 0 fully saturated rings. The highest BCUT2D eigenvalue weighted by Crippen LogP contribution is 2.28. The van der Waals surface area contributed by atoms with Gasteiger partial charge in [0.15, 0.2) is 76.4 Å². The van der Waals surface area contributed by atoms with Gasteiger partial charge in [-0.1, -0.05) is 0 Å². The lowest BCUT2D eigenvalue weighted by atomic mass is 10.3. The number of likely N-dealkylation sites (N-methyl/N-ethyl adjacent to an activating group) is 1. The van der Waals surface area contributed by atoms with E-state index < -0.39 is 124 Å². The molecule has 1 aromatic heterocycles. The first-order valence-electron chi connectivity index (χ1n) is 12.3. The van der Waals surface area contributed by atoms with Crippen LogP contribution in [0.5, 0.6) is 0 Å². The Bertz CT molecular complexity index is 1620. The first-order chi connectivity index (χ1) is 21.5. The van der Waals surface area contributed by atoms with Crippen LogP contribution in [0.1, 0.15) is 5.76 Å². The fourth-order valence-corrected chi connectivity index (χ4v) is 8.54. The van der Waals surface area contributed by atoms with Crippen LogP contribution in [0.25, 0.3) is 0 Å². The molecule has 0 atom stereocenters. The van der Waals surface area contributed by atoms with Crippen molar-refractivity contribution in [2.45, 2.75) is 6.42 Å². The minimum absolute atomic E-state index is 0.0149. The van der Waals surface area contributed by atoms with Gasteiger partial charge in [0.05, 0.1) is 34.9 Å². The van der Waals surface area contributed by atoms with E-state index in [1.54, 1.807) is 0 Å². The average molecular weight is 696 g/mol. The van der Waals surface area contributed by atoms with Crippen LogP contribution in [-0.2, 0) is 10.8 Å². The van der Waals surface area contributed by atoms with E-state index in [4.69, 9.17) is 8.84 Å². The zero-order valence-electron chi connectivity index (χ0n) is 22.4. The van der Waals surface area contributed by atoms with Gasteiger partial charge in [-0.2, -0.15) is 0 Å². The van der Waals surface area contributed by atoms with Gasteiger partial charge in [-0.25, -0.2) is 70.4 Å². The summed E-state index contributed by atoms with van der Waals surface area (Å²) in [6, 6.07) is 2.96. The fraction of sp³-hybridized carbons (Fsp3) is 0.148. The molecule has 0 aliphatic heterocycles. The van der Waals surface area contributed by atoms with E-state index in [0.29, 0.717) is 5.76 Å². The van der Waals surface area contributed by atoms with Gasteiger partial charge in [0.25, 0.3) is 0 Å². The molecule has 0 saturated heterocycles. The highest BCUT2D eigenvalue weighted by atomic mass is 28.4. The summed E-state index contributed by atoms with van der Waals surface area (Å²) in [6.07, 6.45) is 2.52. The summed E-state index contributed by atoms with van der Waals surface area (Å²) in [5, 5.41) is -8.26. The van der Waals surface area contributed by atoms with Gasteiger partial charge >= 0.3 is 8.32 Å². The number of halogens is 15. The molecule has 0 N–H and O–H groups in total. The molecule has 1 heterocycles. The third-order valence-corrected chi connectivity index (χ3v) is 10.7. The van der Waals surface area contributed by atoms with E-state index in [2.05, 4.69) is 0 Å². The van der Waals surface area contributed by atoms with Crippen LogP contribution in [0.3, 0.4) is 0 Å². The number of nitrogens with zero attached hydrogens (tertiary/aromatic N) is 1. The number of furan rings is 1. The van der Waals surface area contributed by atoms with Gasteiger partial charge in [0.2, 0.25) is 17.5 Å². The Kier molecular flexibility index (Phi) is 9.67. The molecular formula is C27H13F15NO2Si+. The number of rotatable bonds is 9. The maximum atomic E-state index is 15.4. The first kappa shape index (κ1) is 34.6. The van der Waals surface area contributed by atoms with Crippen molar-refractivity contribution in [3.05, 3.63) is 111 Å². The fourth-order valence-electron chi connectivity index (χ4n) is 4.44. The molecule has 0 saturated carbocycles. The van der Waals surface area contributed by atoms with Crippen LogP contribution in [0.4, 0.5) is 65.9 Å². The van der Waals surface area contributed by atoms with Crippen LogP contribution in [0.2, 0.25) is 0 Å². The normalized spacial score (nSPS) is 12.4. The van der Waals surface area contributed by atoms with Crippen LogP contribution < -0.4 is 15.6 Å². The lowest BCUT2D eigenvalue weighted by molar-refractivity contribution is -0.495. The molecule has 0 amide bonds. The quantitative estimate of drug-likeness (QED) is 0.0452. The zero-order valence-corrected chi connectivity index (χ0v) is 23.4. The molecule has 0 bridgehead atoms. The lowest BCUT2D eigenvalue weighted by Gasteiger charge is -2.34. The van der Waals surface area contributed by atoms with Crippen LogP contribution >= 0.6 is 0 Å². The Labute approximate surface area is 247 Å². The van der Waals surface area contributed by atoms with Crippen molar-refractivity contribution in [2.75, 3.05) is 20.2 Å². The molecule has 3 nitrogen and oxygen atoms in total. The third-order valence-electron chi connectivity index (χ3n) is 6.63. The molecule has 0 aliphatic carbocycles. The van der Waals surface area contributed by atoms with E-state index in [1.807, 2.05) is 0 Å². The first-order valence-corrected chi connectivity index (χ1v) is 14.2. The topological polar surface area (TPSA) is 25.4 Å². The van der Waals surface area contributed by atoms with Gasteiger partial charge in [-0.15, -0.1) is 0 Å². The van der Waals surface area contributed by atoms with E-state index in [-0.39, 0.29) is 6.42 Å². The summed E-state index contributed by atoms with van der Waals surface area (Å²) < 4.78 is 233. The second kappa shape index (κ2) is 12.9. The maximum Gasteiger partial charge on any atom is 0.306 e. The largest absolute Gasteiger partial charge is 0.469 e. The molecule has 4 aromatic rings. The predicted octanol–water partition coefficient (Wildman–Crippen LogP) is 5.31. The van der Waals surface area contributed by atoms with Crippen molar-refractivity contribution < 1.29 is 79.3 Å². The molecule has 0 spiro atoms. The van der Waals surface area contributed by atoms with Gasteiger partial charge in [-0.3, -0.25) is 0 Å². The van der Waals surface area contributed by atoms with E-state index in [9.17, 15) is 39.5 Å². The highest BCUT2D eigenvalue weighted by molar-refractivity contribution is 7.07. The maximum absolute atomic E-state index is 15.4. The predicted molar refractivity (Wildman–Crippen MR) is 129 cm³/mol. The average Bonchev–Trinajstić information content (AvgIpc) is 3.55. The summed E-state index contributed by atoms with van der Waals surface area (Å²) in [5.74, 6) is -45.8. The molecule has 246 valence electrons. The molecular weight excluding hydrogens is 683 g/mol. The van der Waals surface area contributed by atoms with Crippen LogP contribution in [0.15, 0.2) is 22.8 Å². The Hall–Kier alpha value is -4.26. The number of hydrogen-bond donors (Lipinski definition) is 0. The SMILES string of the molecule is C[N+](=CCc1ccco1)CCO[Si](c1c(F)c(F)c(F)c(F)c1F)(c1c(F)c(F)c(F)c(F)c1F)c1c(F)c(F)c(F)c(F)c1F. The minimum atomic E-state index is -7.34. The summed E-state index contributed by atoms with van der Waals surface area (Å²) >= 11 is 0. The monoisotopic (exact) mass is 696 g/mol. The number of hydrogen-bond acceptors (Lipinski definition) is 2. The Morgan fingerprint density at radius 3 is 1.20 bits per heavy atom. The standard InChI is InChI=1S/C27H13F15NO2Si/c1-43(5-4-9-3-2-7-44-9)6-8-45-46(25-19(37)13(31)10(28)14(32)20(25)38,26-21(39)15(33)11(29)16(34)22(26)40)27-23(41)17(35)12(30)18(36)24(27)42/h2-3,5,7H,4,6,8H2,1H3/q+1. The second-order valence-electron chi connectivity index (χ2n) is 9.31. The molecule has 0 unspecified atom stereocenters. The number of benzene rings is 3. The van der Waals surface area contributed by atoms with Gasteiger partial charge in [-0.05, 0) is 12.1 Å². The smallest absolute Gasteiger partial charge is 0.306 e. The van der Waals surface area contributed by atoms with E-state index in [0.717, 1.165) is 4.58 Å². The van der Waals surface area contributed by atoms with Gasteiger partial charge < -0.3 is 8.84 Å². The van der Waals surface area contributed by atoms with Gasteiger partial charge in [0.1, 0.15) is 19.0 Å². The molecule has 4 rings (SSSR count). The Balaban J connectivity index is 2.19. The van der Waals surface area contributed by atoms with Gasteiger partial charge in [0, 0.05) is 0 Å². The summed E-state index contributed by atoms with van der Waals surface area (Å²) in [5.41, 5.74) is 0. The molecule has 46 heavy (non-hydrogen) atoms. The minimum Gasteiger partial charge on any atom is -0.469 e. The molecule has 0 aliphatic rings. The van der Waals surface area contributed by atoms with Crippen molar-refractivity contribution in [2.24, 2.45) is 0 Å². The van der Waals surface area contributed by atoms with Crippen molar-refractivity contribution in [1.29, 1.82) is 0 Å². The Morgan fingerprint density at radius 1 is 0.565 bits per heavy atom. The summed E-state index contributed by atoms with van der Waals surface area (Å²) in [7, 11) is -6.14. The van der Waals surface area contributed by atoms with E-state index >= 15 is 26.3 Å². The van der Waals surface area contributed by atoms with Crippen molar-refractivity contribution in [3.8, 4) is 0 Å². The highest BCUT2D eigenvalue weighted by Gasteiger charge is 2.58. The van der Waals surface area contributed by atoms with E-state index in [1.165, 1.54) is 31.7 Å². The lowest BCUT2D eigenvalue weighted by Crippen LogP contribution is -2.75. The van der Waals surface area contributed by atoms with Crippen LogP contribution in [-0.4, -0.2) is 39.3 Å². The second-order valence-corrected chi connectivity index (χ2v) is 12.5. The summed E-state index contributed by atoms with van der Waals surface area (Å²) in [6.45, 7) is -2.12. The third kappa shape index (κ3) is 5.44. The summed E-state index contributed by atoms with van der Waals surface area (Å²) in [4.78, 5) is 0. The molecule has 0 radical (unpaired) electrons. The van der Waals surface area contributed by atoms with Crippen molar-refractivity contribution >= 4 is 30.1 Å². The molecule has 3 aromatic carbocycles. The zero-order chi connectivity index (χ0) is 34.4.